The molecule has 0 amide bonds. The predicted octanol–water partition coefficient (Wildman–Crippen LogP) is 3.89. The van der Waals surface area contributed by atoms with E-state index in [0.717, 1.165) is 25.5 Å². The number of nitrogens with one attached hydrogen (secondary N) is 2. The van der Waals surface area contributed by atoms with Gasteiger partial charge in [0.1, 0.15) is 0 Å². The molecule has 0 fully saturated rings. The first-order chi connectivity index (χ1) is 10.2. The molecule has 5 heteroatoms. The van der Waals surface area contributed by atoms with Gasteiger partial charge in [0, 0.05) is 20.1 Å². The maximum Gasteiger partial charge on any atom is 0.191 e. The van der Waals surface area contributed by atoms with Gasteiger partial charge in [-0.05, 0) is 53.8 Å². The SMILES string of the molecule is CN=C(NCCc1ccc(C)cc1C)NCc1ccsc1.I. The van der Waals surface area contributed by atoms with E-state index in [1.54, 1.807) is 18.4 Å². The topological polar surface area (TPSA) is 36.4 Å². The monoisotopic (exact) mass is 429 g/mol. The number of hydrogen-bond acceptors (Lipinski definition) is 2. The molecular weight excluding hydrogens is 405 g/mol. The van der Waals surface area contributed by atoms with Gasteiger partial charge in [-0.3, -0.25) is 4.99 Å². The number of aliphatic imine (C=N–C) groups is 1. The van der Waals surface area contributed by atoms with Crippen LogP contribution in [0.25, 0.3) is 0 Å². The molecule has 0 radical (unpaired) electrons. The van der Waals surface area contributed by atoms with Crippen LogP contribution in [0.1, 0.15) is 22.3 Å². The van der Waals surface area contributed by atoms with Crippen molar-refractivity contribution >= 4 is 41.3 Å². The Morgan fingerprint density at radius 2 is 2.00 bits per heavy atom. The van der Waals surface area contributed by atoms with Crippen molar-refractivity contribution in [3.05, 3.63) is 57.3 Å². The van der Waals surface area contributed by atoms with Crippen molar-refractivity contribution in [2.75, 3.05) is 13.6 Å². The quantitative estimate of drug-likeness (QED) is 0.430. The zero-order valence-corrected chi connectivity index (χ0v) is 16.5. The third kappa shape index (κ3) is 5.96. The van der Waals surface area contributed by atoms with Gasteiger partial charge in [-0.15, -0.1) is 24.0 Å². The number of benzene rings is 1. The highest BCUT2D eigenvalue weighted by Gasteiger charge is 2.01. The molecule has 2 N–H and O–H groups in total. The van der Waals surface area contributed by atoms with E-state index in [4.69, 9.17) is 0 Å². The second-order valence-electron chi connectivity index (χ2n) is 5.16. The molecule has 0 saturated carbocycles. The molecule has 2 aromatic rings. The van der Waals surface area contributed by atoms with E-state index in [1.165, 1.54) is 22.3 Å². The molecule has 120 valence electrons. The highest BCUT2D eigenvalue weighted by Crippen LogP contribution is 2.10. The summed E-state index contributed by atoms with van der Waals surface area (Å²) in [6.07, 6.45) is 1.01. The lowest BCUT2D eigenvalue weighted by atomic mass is 10.0. The highest BCUT2D eigenvalue weighted by atomic mass is 127. The van der Waals surface area contributed by atoms with Crippen LogP contribution in [0.15, 0.2) is 40.0 Å². The maximum absolute atomic E-state index is 4.25. The largest absolute Gasteiger partial charge is 0.356 e. The van der Waals surface area contributed by atoms with Crippen molar-refractivity contribution in [3.8, 4) is 0 Å². The minimum atomic E-state index is 0. The van der Waals surface area contributed by atoms with Crippen molar-refractivity contribution in [1.82, 2.24) is 10.6 Å². The number of thiophene rings is 1. The molecule has 2 rings (SSSR count). The number of aryl methyl sites for hydroxylation is 2. The highest BCUT2D eigenvalue weighted by molar-refractivity contribution is 14.0. The molecule has 0 spiro atoms. The van der Waals surface area contributed by atoms with Crippen molar-refractivity contribution in [1.29, 1.82) is 0 Å². The second-order valence-corrected chi connectivity index (χ2v) is 5.94. The summed E-state index contributed by atoms with van der Waals surface area (Å²) in [6.45, 7) is 6.00. The fourth-order valence-corrected chi connectivity index (χ4v) is 2.91. The summed E-state index contributed by atoms with van der Waals surface area (Å²) in [4.78, 5) is 4.25. The Bertz CT molecular complexity index is 594. The molecule has 1 heterocycles. The van der Waals surface area contributed by atoms with Crippen molar-refractivity contribution in [2.45, 2.75) is 26.8 Å². The first-order valence-corrected chi connectivity index (χ1v) is 8.15. The first-order valence-electron chi connectivity index (χ1n) is 7.21. The minimum Gasteiger partial charge on any atom is -0.356 e. The molecule has 0 aliphatic rings. The Kier molecular flexibility index (Phi) is 8.48. The summed E-state index contributed by atoms with van der Waals surface area (Å²) in [5, 5.41) is 10.9. The van der Waals surface area contributed by atoms with E-state index in [2.05, 4.69) is 64.5 Å². The molecular formula is C17H24IN3S. The van der Waals surface area contributed by atoms with E-state index in [-0.39, 0.29) is 24.0 Å². The number of nitrogens with zero attached hydrogens (tertiary/aromatic N) is 1. The van der Waals surface area contributed by atoms with Crippen molar-refractivity contribution in [3.63, 3.8) is 0 Å². The fourth-order valence-electron chi connectivity index (χ4n) is 2.24. The van der Waals surface area contributed by atoms with Crippen LogP contribution in [0.4, 0.5) is 0 Å². The van der Waals surface area contributed by atoms with Gasteiger partial charge in [-0.2, -0.15) is 11.3 Å². The average Bonchev–Trinajstić information content (AvgIpc) is 2.98. The maximum atomic E-state index is 4.25. The van der Waals surface area contributed by atoms with Gasteiger partial charge >= 0.3 is 0 Å². The summed E-state index contributed by atoms with van der Waals surface area (Å²) >= 11 is 1.72. The summed E-state index contributed by atoms with van der Waals surface area (Å²) in [5.41, 5.74) is 5.36. The number of guanidine groups is 1. The van der Waals surface area contributed by atoms with Crippen LogP contribution in [-0.2, 0) is 13.0 Å². The van der Waals surface area contributed by atoms with Crippen LogP contribution >= 0.6 is 35.3 Å². The Hall–Kier alpha value is -1.08. The third-order valence-electron chi connectivity index (χ3n) is 3.45. The van der Waals surface area contributed by atoms with Crippen LogP contribution < -0.4 is 10.6 Å². The van der Waals surface area contributed by atoms with E-state index < -0.39 is 0 Å². The van der Waals surface area contributed by atoms with Gasteiger partial charge in [-0.1, -0.05) is 23.8 Å². The van der Waals surface area contributed by atoms with Crippen LogP contribution in [0.5, 0.6) is 0 Å². The molecule has 0 aliphatic heterocycles. The van der Waals surface area contributed by atoms with Gasteiger partial charge < -0.3 is 10.6 Å². The average molecular weight is 429 g/mol. The van der Waals surface area contributed by atoms with Crippen molar-refractivity contribution < 1.29 is 0 Å². The van der Waals surface area contributed by atoms with Gasteiger partial charge in [0.25, 0.3) is 0 Å². The molecule has 0 aliphatic carbocycles. The van der Waals surface area contributed by atoms with Gasteiger partial charge in [0.15, 0.2) is 5.96 Å². The number of halogens is 1. The summed E-state index contributed by atoms with van der Waals surface area (Å²) in [5.74, 6) is 0.853. The lowest BCUT2D eigenvalue weighted by Gasteiger charge is -2.12. The van der Waals surface area contributed by atoms with E-state index in [1.807, 2.05) is 0 Å². The standard InChI is InChI=1S/C17H23N3S.HI/c1-13-4-5-16(14(2)10-13)6-8-19-17(18-3)20-11-15-7-9-21-12-15;/h4-5,7,9-10,12H,6,8,11H2,1-3H3,(H2,18,19,20);1H. The zero-order valence-electron chi connectivity index (χ0n) is 13.3. The van der Waals surface area contributed by atoms with Crippen LogP contribution in [0, 0.1) is 13.8 Å². The smallest absolute Gasteiger partial charge is 0.191 e. The van der Waals surface area contributed by atoms with Gasteiger partial charge in [0.2, 0.25) is 0 Å². The minimum absolute atomic E-state index is 0. The van der Waals surface area contributed by atoms with E-state index in [9.17, 15) is 0 Å². The second kappa shape index (κ2) is 9.84. The lowest BCUT2D eigenvalue weighted by molar-refractivity contribution is 0.793. The van der Waals surface area contributed by atoms with Crippen molar-refractivity contribution in [2.24, 2.45) is 4.99 Å². The van der Waals surface area contributed by atoms with Crippen LogP contribution in [-0.4, -0.2) is 19.6 Å². The Morgan fingerprint density at radius 1 is 1.18 bits per heavy atom. The number of hydrogen-bond donors (Lipinski definition) is 2. The Balaban J connectivity index is 0.00000242. The third-order valence-corrected chi connectivity index (χ3v) is 4.18. The Labute approximate surface area is 154 Å². The van der Waals surface area contributed by atoms with Crippen LogP contribution in [0.3, 0.4) is 0 Å². The summed E-state index contributed by atoms with van der Waals surface area (Å²) in [7, 11) is 1.81. The molecule has 1 aromatic heterocycles. The summed E-state index contributed by atoms with van der Waals surface area (Å²) < 4.78 is 0. The predicted molar refractivity (Wildman–Crippen MR) is 108 cm³/mol. The first kappa shape index (κ1) is 19.0. The molecule has 0 saturated heterocycles. The Morgan fingerprint density at radius 3 is 2.64 bits per heavy atom. The van der Waals surface area contributed by atoms with E-state index >= 15 is 0 Å². The molecule has 0 bridgehead atoms. The van der Waals surface area contributed by atoms with E-state index in [0.29, 0.717) is 0 Å². The molecule has 1 aromatic carbocycles. The van der Waals surface area contributed by atoms with Crippen LogP contribution in [0.2, 0.25) is 0 Å². The molecule has 0 atom stereocenters. The fraction of sp³-hybridized carbons (Fsp3) is 0.353. The van der Waals surface area contributed by atoms with Gasteiger partial charge in [0.05, 0.1) is 0 Å². The zero-order chi connectivity index (χ0) is 15.1. The lowest BCUT2D eigenvalue weighted by Crippen LogP contribution is -2.37. The summed E-state index contributed by atoms with van der Waals surface area (Å²) in [6, 6.07) is 8.75. The number of rotatable bonds is 5. The molecule has 22 heavy (non-hydrogen) atoms. The normalized spacial score (nSPS) is 11.0. The molecule has 3 nitrogen and oxygen atoms in total. The molecule has 0 unspecified atom stereocenters. The van der Waals surface area contributed by atoms with Gasteiger partial charge in [-0.25, -0.2) is 0 Å².